The molecule has 15 heavy (non-hydrogen) atoms. The molecule has 0 fully saturated rings. The molecule has 0 saturated heterocycles. The molecule has 0 radical (unpaired) electrons. The fourth-order valence-electron chi connectivity index (χ4n) is 1.44. The van der Waals surface area contributed by atoms with Crippen molar-refractivity contribution in [1.82, 2.24) is 15.0 Å². The molecule has 0 amide bonds. The molecule has 0 spiro atoms. The summed E-state index contributed by atoms with van der Waals surface area (Å²) in [5.41, 5.74) is 8.56. The second kappa shape index (κ2) is 3.65. The number of nitrogens with two attached hydrogens (primary N) is 1. The highest BCUT2D eigenvalue weighted by atomic mass is 15.0. The molecule has 4 heteroatoms. The number of hydrogen-bond donors (Lipinski definition) is 1. The summed E-state index contributed by atoms with van der Waals surface area (Å²) in [5, 5.41) is 0. The summed E-state index contributed by atoms with van der Waals surface area (Å²) in [7, 11) is 0. The van der Waals surface area contributed by atoms with Crippen LogP contribution in [0.2, 0.25) is 0 Å². The topological polar surface area (TPSA) is 64.7 Å². The molecule has 0 atom stereocenters. The molecular formula is C11H12N4. The van der Waals surface area contributed by atoms with Crippen LogP contribution in [0, 0.1) is 13.8 Å². The third-order valence-electron chi connectivity index (χ3n) is 2.10. The van der Waals surface area contributed by atoms with Crippen molar-refractivity contribution in [1.29, 1.82) is 0 Å². The maximum Gasteiger partial charge on any atom is 0.180 e. The van der Waals surface area contributed by atoms with Crippen LogP contribution in [0.1, 0.15) is 11.1 Å². The molecule has 2 aromatic heterocycles. The number of nitrogens with zero attached hydrogens (tertiary/aromatic N) is 3. The molecule has 76 valence electrons. The van der Waals surface area contributed by atoms with E-state index >= 15 is 0 Å². The SMILES string of the molecule is Cc1cnc(-c2nccc(N)n2)c(C)c1. The highest BCUT2D eigenvalue weighted by Crippen LogP contribution is 2.17. The van der Waals surface area contributed by atoms with Gasteiger partial charge in [0.2, 0.25) is 0 Å². The molecule has 0 aliphatic carbocycles. The first kappa shape index (κ1) is 9.58. The van der Waals surface area contributed by atoms with Crippen molar-refractivity contribution >= 4 is 5.82 Å². The number of pyridine rings is 1. The van der Waals surface area contributed by atoms with Gasteiger partial charge in [0.1, 0.15) is 11.5 Å². The summed E-state index contributed by atoms with van der Waals surface area (Å²) in [4.78, 5) is 12.6. The molecular weight excluding hydrogens is 188 g/mol. The quantitative estimate of drug-likeness (QED) is 0.761. The standard InChI is InChI=1S/C11H12N4/c1-7-5-8(2)10(14-6-7)11-13-4-3-9(12)15-11/h3-6H,1-2H3,(H2,12,13,15). The van der Waals surface area contributed by atoms with Crippen molar-refractivity contribution in [2.24, 2.45) is 0 Å². The first-order valence-electron chi connectivity index (χ1n) is 4.69. The highest BCUT2D eigenvalue weighted by molar-refractivity contribution is 5.56. The number of hydrogen-bond acceptors (Lipinski definition) is 4. The Hall–Kier alpha value is -1.97. The van der Waals surface area contributed by atoms with E-state index in [1.807, 2.05) is 13.8 Å². The predicted molar refractivity (Wildman–Crippen MR) is 59.1 cm³/mol. The minimum atomic E-state index is 0.460. The van der Waals surface area contributed by atoms with Gasteiger partial charge < -0.3 is 5.73 Å². The lowest BCUT2D eigenvalue weighted by Gasteiger charge is -2.04. The zero-order chi connectivity index (χ0) is 10.8. The lowest BCUT2D eigenvalue weighted by molar-refractivity contribution is 1.12. The Labute approximate surface area is 88.2 Å². The van der Waals surface area contributed by atoms with Crippen molar-refractivity contribution < 1.29 is 0 Å². The Morgan fingerprint density at radius 1 is 1.20 bits per heavy atom. The van der Waals surface area contributed by atoms with Crippen LogP contribution >= 0.6 is 0 Å². The molecule has 2 heterocycles. The fraction of sp³-hybridized carbons (Fsp3) is 0.182. The van der Waals surface area contributed by atoms with Gasteiger partial charge in [0.05, 0.1) is 0 Å². The summed E-state index contributed by atoms with van der Waals surface area (Å²) in [6.45, 7) is 3.99. The second-order valence-corrected chi connectivity index (χ2v) is 3.48. The van der Waals surface area contributed by atoms with E-state index in [1.165, 1.54) is 0 Å². The third-order valence-corrected chi connectivity index (χ3v) is 2.10. The van der Waals surface area contributed by atoms with Gasteiger partial charge in [-0.2, -0.15) is 0 Å². The largest absolute Gasteiger partial charge is 0.384 e. The zero-order valence-corrected chi connectivity index (χ0v) is 8.73. The van der Waals surface area contributed by atoms with Crippen molar-refractivity contribution in [3.05, 3.63) is 35.7 Å². The van der Waals surface area contributed by atoms with Crippen molar-refractivity contribution in [2.75, 3.05) is 5.73 Å². The Kier molecular flexibility index (Phi) is 2.33. The average Bonchev–Trinajstić information content (AvgIpc) is 2.17. The predicted octanol–water partition coefficient (Wildman–Crippen LogP) is 1.74. The van der Waals surface area contributed by atoms with Crippen LogP contribution in [0.25, 0.3) is 11.5 Å². The van der Waals surface area contributed by atoms with Crippen molar-refractivity contribution in [3.63, 3.8) is 0 Å². The maximum absolute atomic E-state index is 5.60. The van der Waals surface area contributed by atoms with Crippen LogP contribution in [0.4, 0.5) is 5.82 Å². The van der Waals surface area contributed by atoms with E-state index in [-0.39, 0.29) is 0 Å². The van der Waals surface area contributed by atoms with Gasteiger partial charge in [-0.05, 0) is 31.0 Å². The molecule has 0 bridgehead atoms. The van der Waals surface area contributed by atoms with Crippen molar-refractivity contribution in [3.8, 4) is 11.5 Å². The van der Waals surface area contributed by atoms with Gasteiger partial charge in [-0.3, -0.25) is 4.98 Å². The number of nitrogen functional groups attached to an aromatic ring is 1. The Bertz CT molecular complexity index is 494. The second-order valence-electron chi connectivity index (χ2n) is 3.48. The average molecular weight is 200 g/mol. The fourth-order valence-corrected chi connectivity index (χ4v) is 1.44. The monoisotopic (exact) mass is 200 g/mol. The molecule has 0 unspecified atom stereocenters. The molecule has 4 nitrogen and oxygen atoms in total. The summed E-state index contributed by atoms with van der Waals surface area (Å²) < 4.78 is 0. The van der Waals surface area contributed by atoms with Crippen LogP contribution in [0.15, 0.2) is 24.5 Å². The first-order valence-corrected chi connectivity index (χ1v) is 4.69. The maximum atomic E-state index is 5.60. The summed E-state index contributed by atoms with van der Waals surface area (Å²) >= 11 is 0. The smallest absolute Gasteiger partial charge is 0.180 e. The highest BCUT2D eigenvalue weighted by Gasteiger charge is 2.06. The lowest BCUT2D eigenvalue weighted by atomic mass is 10.1. The van der Waals surface area contributed by atoms with E-state index in [4.69, 9.17) is 5.73 Å². The van der Waals surface area contributed by atoms with E-state index in [9.17, 15) is 0 Å². The van der Waals surface area contributed by atoms with Gasteiger partial charge in [0.15, 0.2) is 5.82 Å². The molecule has 2 rings (SSSR count). The van der Waals surface area contributed by atoms with Crippen LogP contribution in [-0.4, -0.2) is 15.0 Å². The lowest BCUT2D eigenvalue weighted by Crippen LogP contribution is -1.98. The number of anilines is 1. The van der Waals surface area contributed by atoms with Gasteiger partial charge >= 0.3 is 0 Å². The van der Waals surface area contributed by atoms with Gasteiger partial charge in [0.25, 0.3) is 0 Å². The van der Waals surface area contributed by atoms with E-state index < -0.39 is 0 Å². The van der Waals surface area contributed by atoms with Crippen LogP contribution in [0.3, 0.4) is 0 Å². The van der Waals surface area contributed by atoms with Crippen LogP contribution in [0.5, 0.6) is 0 Å². The van der Waals surface area contributed by atoms with Gasteiger partial charge in [-0.15, -0.1) is 0 Å². The normalized spacial score (nSPS) is 10.3. The number of aryl methyl sites for hydroxylation is 2. The molecule has 0 saturated carbocycles. The molecule has 2 aromatic rings. The summed E-state index contributed by atoms with van der Waals surface area (Å²) in [6, 6.07) is 3.71. The third kappa shape index (κ3) is 1.93. The van der Waals surface area contributed by atoms with Gasteiger partial charge in [-0.1, -0.05) is 6.07 Å². The van der Waals surface area contributed by atoms with Crippen LogP contribution < -0.4 is 5.73 Å². The Balaban J connectivity index is 2.54. The Morgan fingerprint density at radius 2 is 2.00 bits per heavy atom. The molecule has 0 aliphatic rings. The minimum absolute atomic E-state index is 0.460. The number of rotatable bonds is 1. The first-order chi connectivity index (χ1) is 7.16. The summed E-state index contributed by atoms with van der Waals surface area (Å²) in [5.74, 6) is 1.04. The summed E-state index contributed by atoms with van der Waals surface area (Å²) in [6.07, 6.45) is 3.44. The van der Waals surface area contributed by atoms with Gasteiger partial charge in [-0.25, -0.2) is 9.97 Å². The van der Waals surface area contributed by atoms with E-state index in [0.29, 0.717) is 11.6 Å². The molecule has 0 aliphatic heterocycles. The van der Waals surface area contributed by atoms with E-state index in [2.05, 4.69) is 21.0 Å². The van der Waals surface area contributed by atoms with Crippen molar-refractivity contribution in [2.45, 2.75) is 13.8 Å². The molecule has 2 N–H and O–H groups in total. The zero-order valence-electron chi connectivity index (χ0n) is 8.73. The van der Waals surface area contributed by atoms with Gasteiger partial charge in [0, 0.05) is 12.4 Å². The molecule has 0 aromatic carbocycles. The Morgan fingerprint density at radius 3 is 2.67 bits per heavy atom. The van der Waals surface area contributed by atoms with Crippen LogP contribution in [-0.2, 0) is 0 Å². The minimum Gasteiger partial charge on any atom is -0.384 e. The van der Waals surface area contributed by atoms with E-state index in [1.54, 1.807) is 18.5 Å². The van der Waals surface area contributed by atoms with E-state index in [0.717, 1.165) is 16.8 Å². The number of aromatic nitrogens is 3.